The number of aliphatic hydroxyl groups is 1. The van der Waals surface area contributed by atoms with Gasteiger partial charge in [-0.3, -0.25) is 0 Å². The maximum atomic E-state index is 13.2. The molecule has 3 saturated carbocycles. The number of carbonyl (C=O) groups excluding carboxylic acids is 1. The van der Waals surface area contributed by atoms with Crippen molar-refractivity contribution >= 4 is 6.09 Å². The van der Waals surface area contributed by atoms with Crippen molar-refractivity contribution in [3.8, 4) is 11.1 Å². The van der Waals surface area contributed by atoms with Crippen LogP contribution >= 0.6 is 0 Å². The van der Waals surface area contributed by atoms with Crippen LogP contribution in [0.15, 0.2) is 60.2 Å². The number of rotatable bonds is 3. The molecular weight excluding hydrogens is 470 g/mol. The zero-order valence-electron chi connectivity index (χ0n) is 22.8. The minimum absolute atomic E-state index is 0.0912. The van der Waals surface area contributed by atoms with Crippen molar-refractivity contribution in [1.82, 2.24) is 5.32 Å². The van der Waals surface area contributed by atoms with Gasteiger partial charge in [0.25, 0.3) is 0 Å². The molecule has 5 aliphatic rings. The molecule has 0 spiro atoms. The summed E-state index contributed by atoms with van der Waals surface area (Å²) < 4.78 is 5.95. The van der Waals surface area contributed by atoms with E-state index in [1.54, 1.807) is 0 Å². The van der Waals surface area contributed by atoms with Gasteiger partial charge in [0.1, 0.15) is 6.61 Å². The summed E-state index contributed by atoms with van der Waals surface area (Å²) in [6, 6.07) is 17.2. The van der Waals surface area contributed by atoms with Crippen LogP contribution in [0.2, 0.25) is 0 Å². The molecule has 5 aliphatic carbocycles. The van der Waals surface area contributed by atoms with E-state index in [-0.39, 0.29) is 35.0 Å². The minimum Gasteiger partial charge on any atom is -0.449 e. The van der Waals surface area contributed by atoms with Gasteiger partial charge in [-0.05, 0) is 102 Å². The van der Waals surface area contributed by atoms with Crippen LogP contribution in [0.5, 0.6) is 0 Å². The lowest BCUT2D eigenvalue weighted by molar-refractivity contribution is -0.0431. The average Bonchev–Trinajstić information content (AvgIpc) is 3.42. The second-order valence-corrected chi connectivity index (χ2v) is 13.3. The topological polar surface area (TPSA) is 58.6 Å². The molecule has 7 atom stereocenters. The van der Waals surface area contributed by atoms with Crippen molar-refractivity contribution in [2.45, 2.75) is 83.3 Å². The summed E-state index contributed by atoms with van der Waals surface area (Å²) in [6.45, 7) is 5.28. The number of alkyl carbamates (subject to hydrolysis) is 1. The van der Waals surface area contributed by atoms with Gasteiger partial charge in [-0.15, -0.1) is 0 Å². The Bertz CT molecular complexity index is 1240. The summed E-state index contributed by atoms with van der Waals surface area (Å²) in [5.74, 6) is 2.13. The summed E-state index contributed by atoms with van der Waals surface area (Å²) in [6.07, 6.45) is 10.8. The molecule has 38 heavy (non-hydrogen) atoms. The standard InChI is InChI=1S/C34H41NO3/c1-33-17-15-22(36)19-21(33)11-12-27-29-13-14-31(34(29,2)18-16-30(27)33)35-32(37)38-20-28-25-9-5-3-7-23(25)24-8-4-6-10-26(24)28/h3-11,22,27-31,36H,12-20H2,1-2H3,(H,35,37)/t22-,27-,29-,30-,31+,33-,34-/m0/s1. The van der Waals surface area contributed by atoms with Gasteiger partial charge in [0.05, 0.1) is 6.10 Å². The molecule has 3 fully saturated rings. The highest BCUT2D eigenvalue weighted by Crippen LogP contribution is 2.64. The predicted octanol–water partition coefficient (Wildman–Crippen LogP) is 7.22. The Balaban J connectivity index is 1.03. The van der Waals surface area contributed by atoms with E-state index in [1.165, 1.54) is 47.1 Å². The van der Waals surface area contributed by atoms with Gasteiger partial charge in [0, 0.05) is 12.0 Å². The van der Waals surface area contributed by atoms with Crippen LogP contribution in [0.4, 0.5) is 4.79 Å². The average molecular weight is 512 g/mol. The highest BCUT2D eigenvalue weighted by atomic mass is 16.5. The fraction of sp³-hybridized carbons (Fsp3) is 0.559. The lowest BCUT2D eigenvalue weighted by Gasteiger charge is -2.58. The van der Waals surface area contributed by atoms with Crippen LogP contribution in [-0.4, -0.2) is 30.0 Å². The second kappa shape index (κ2) is 8.98. The van der Waals surface area contributed by atoms with Crippen LogP contribution in [0.25, 0.3) is 11.1 Å². The molecule has 0 bridgehead atoms. The Labute approximate surface area is 226 Å². The second-order valence-electron chi connectivity index (χ2n) is 13.3. The van der Waals surface area contributed by atoms with Gasteiger partial charge in [0.2, 0.25) is 0 Å². The molecule has 7 rings (SSSR count). The molecule has 0 unspecified atom stereocenters. The first-order valence-electron chi connectivity index (χ1n) is 14.9. The van der Waals surface area contributed by atoms with E-state index in [9.17, 15) is 9.90 Å². The van der Waals surface area contributed by atoms with Crippen molar-refractivity contribution in [3.05, 3.63) is 71.3 Å². The van der Waals surface area contributed by atoms with Crippen LogP contribution in [-0.2, 0) is 4.74 Å². The van der Waals surface area contributed by atoms with E-state index in [2.05, 4.69) is 73.8 Å². The van der Waals surface area contributed by atoms with E-state index >= 15 is 0 Å². The lowest BCUT2D eigenvalue weighted by Crippen LogP contribution is -2.54. The molecule has 4 heteroatoms. The molecule has 0 heterocycles. The lowest BCUT2D eigenvalue weighted by atomic mass is 9.48. The molecule has 2 aromatic carbocycles. The van der Waals surface area contributed by atoms with E-state index in [0.717, 1.165) is 32.1 Å². The minimum atomic E-state index is -0.264. The Morgan fingerprint density at radius 3 is 2.39 bits per heavy atom. The summed E-state index contributed by atoms with van der Waals surface area (Å²) in [4.78, 5) is 13.2. The molecule has 0 radical (unpaired) electrons. The highest BCUT2D eigenvalue weighted by molar-refractivity contribution is 5.79. The van der Waals surface area contributed by atoms with Crippen LogP contribution in [0.1, 0.15) is 82.3 Å². The monoisotopic (exact) mass is 511 g/mol. The van der Waals surface area contributed by atoms with Gasteiger partial charge in [-0.2, -0.15) is 0 Å². The zero-order chi connectivity index (χ0) is 26.1. The Kier molecular flexibility index (Phi) is 5.78. The first-order valence-corrected chi connectivity index (χ1v) is 14.9. The summed E-state index contributed by atoms with van der Waals surface area (Å²) in [7, 11) is 0. The first kappa shape index (κ1) is 24.5. The number of benzene rings is 2. The molecule has 1 amide bonds. The largest absolute Gasteiger partial charge is 0.449 e. The summed E-state index contributed by atoms with van der Waals surface area (Å²) in [5.41, 5.74) is 6.91. The van der Waals surface area contributed by atoms with Crippen LogP contribution in [0, 0.1) is 28.6 Å². The SMILES string of the molecule is C[C@]12CC[C@H]3[C@@H](CC=C4C[C@@H](O)CC[C@@]43C)[C@@H]1CC[C@H]2NC(=O)OCC1c2ccccc2-c2ccccc21. The summed E-state index contributed by atoms with van der Waals surface area (Å²) in [5, 5.41) is 13.6. The number of nitrogens with one attached hydrogen (secondary N) is 1. The molecule has 4 nitrogen and oxygen atoms in total. The van der Waals surface area contributed by atoms with Crippen molar-refractivity contribution in [1.29, 1.82) is 0 Å². The smallest absolute Gasteiger partial charge is 0.407 e. The number of hydrogen-bond donors (Lipinski definition) is 2. The fourth-order valence-electron chi connectivity index (χ4n) is 9.66. The Morgan fingerprint density at radius 2 is 1.66 bits per heavy atom. The van der Waals surface area contributed by atoms with Crippen molar-refractivity contribution in [2.24, 2.45) is 28.6 Å². The van der Waals surface area contributed by atoms with Crippen LogP contribution < -0.4 is 5.32 Å². The fourth-order valence-corrected chi connectivity index (χ4v) is 9.66. The van der Waals surface area contributed by atoms with Gasteiger partial charge in [-0.1, -0.05) is 74.0 Å². The molecular formula is C34H41NO3. The molecule has 200 valence electrons. The van der Waals surface area contributed by atoms with Gasteiger partial charge < -0.3 is 15.2 Å². The Morgan fingerprint density at radius 1 is 0.947 bits per heavy atom. The van der Waals surface area contributed by atoms with Crippen LogP contribution in [0.3, 0.4) is 0 Å². The molecule has 0 saturated heterocycles. The van der Waals surface area contributed by atoms with Gasteiger partial charge >= 0.3 is 6.09 Å². The van der Waals surface area contributed by atoms with Crippen molar-refractivity contribution in [2.75, 3.05) is 6.61 Å². The third-order valence-electron chi connectivity index (χ3n) is 11.7. The van der Waals surface area contributed by atoms with E-state index in [4.69, 9.17) is 4.74 Å². The number of fused-ring (bicyclic) bond motifs is 8. The van der Waals surface area contributed by atoms with Gasteiger partial charge in [0.15, 0.2) is 0 Å². The predicted molar refractivity (Wildman–Crippen MR) is 150 cm³/mol. The van der Waals surface area contributed by atoms with Crippen molar-refractivity contribution < 1.29 is 14.6 Å². The number of ether oxygens (including phenoxy) is 1. The number of amides is 1. The zero-order valence-corrected chi connectivity index (χ0v) is 22.8. The van der Waals surface area contributed by atoms with E-state index < -0.39 is 0 Å². The molecule has 2 N–H and O–H groups in total. The number of hydrogen-bond acceptors (Lipinski definition) is 3. The maximum absolute atomic E-state index is 13.2. The molecule has 2 aromatic rings. The number of carbonyl (C=O) groups is 1. The normalized spacial score (nSPS) is 37.2. The highest BCUT2D eigenvalue weighted by Gasteiger charge is 2.59. The number of allylic oxidation sites excluding steroid dienone is 1. The molecule has 0 aromatic heterocycles. The number of aliphatic hydroxyl groups excluding tert-OH is 1. The first-order chi connectivity index (χ1) is 18.4. The quantitative estimate of drug-likeness (QED) is 0.428. The van der Waals surface area contributed by atoms with E-state index in [0.29, 0.717) is 24.4 Å². The van der Waals surface area contributed by atoms with E-state index in [1.807, 2.05) is 0 Å². The van der Waals surface area contributed by atoms with Gasteiger partial charge in [-0.25, -0.2) is 4.79 Å². The maximum Gasteiger partial charge on any atom is 0.407 e. The third-order valence-corrected chi connectivity index (χ3v) is 11.7. The third kappa shape index (κ3) is 3.62. The molecule has 0 aliphatic heterocycles. The Hall–Kier alpha value is -2.59. The summed E-state index contributed by atoms with van der Waals surface area (Å²) >= 11 is 0. The van der Waals surface area contributed by atoms with Crippen molar-refractivity contribution in [3.63, 3.8) is 0 Å².